The number of ether oxygens (including phenoxy) is 1. The third-order valence-corrected chi connectivity index (χ3v) is 6.17. The number of aliphatic hydroxyl groups is 1. The number of phosphoric acid groups is 1. The van der Waals surface area contributed by atoms with Crippen LogP contribution in [0.25, 0.3) is 0 Å². The minimum Gasteiger partial charge on any atom is -0.463 e. The summed E-state index contributed by atoms with van der Waals surface area (Å²) in [5, 5.41) is 9.87. The molecule has 0 aromatic heterocycles. The number of nitrogens with zero attached hydrogens (tertiary/aromatic N) is 1. The summed E-state index contributed by atoms with van der Waals surface area (Å²) in [6.07, 6.45) is 9.31. The number of carbonyl (C=O) groups is 1. The zero-order chi connectivity index (χ0) is 24.6. The quantitative estimate of drug-likeness (QED) is 0.114. The Morgan fingerprint density at radius 3 is 1.94 bits per heavy atom. The van der Waals surface area contributed by atoms with Gasteiger partial charge in [0, 0.05) is 0 Å². The Bertz CT molecular complexity index is 537. The van der Waals surface area contributed by atoms with E-state index in [4.69, 9.17) is 13.8 Å². The van der Waals surface area contributed by atoms with E-state index in [1.807, 2.05) is 28.1 Å². The van der Waals surface area contributed by atoms with Gasteiger partial charge in [0.15, 0.2) is 0 Å². The first-order chi connectivity index (χ1) is 14.8. The van der Waals surface area contributed by atoms with Crippen molar-refractivity contribution in [2.45, 2.75) is 84.7 Å². The average molecular weight is 483 g/mol. The van der Waals surface area contributed by atoms with Crippen molar-refractivity contribution in [2.75, 3.05) is 47.5 Å². The van der Waals surface area contributed by atoms with Gasteiger partial charge in [-0.25, -0.2) is 4.57 Å². The molecule has 0 spiro atoms. The Morgan fingerprint density at radius 2 is 1.41 bits per heavy atom. The van der Waals surface area contributed by atoms with E-state index in [1.54, 1.807) is 0 Å². The van der Waals surface area contributed by atoms with Crippen LogP contribution in [0.5, 0.6) is 0 Å². The van der Waals surface area contributed by atoms with Crippen LogP contribution in [-0.2, 0) is 23.1 Å². The van der Waals surface area contributed by atoms with E-state index in [2.05, 4.69) is 13.8 Å². The molecule has 0 aliphatic rings. The average Bonchev–Trinajstić information content (AvgIpc) is 2.67. The number of rotatable bonds is 20. The fourth-order valence-electron chi connectivity index (χ4n) is 3.02. The number of esters is 1. The summed E-state index contributed by atoms with van der Waals surface area (Å²) in [7, 11) is 1.55. The Kier molecular flexibility index (Phi) is 16.7. The molecule has 0 radical (unpaired) electrons. The van der Waals surface area contributed by atoms with Gasteiger partial charge in [0.05, 0.1) is 33.7 Å². The molecule has 9 heteroatoms. The molecule has 0 bridgehead atoms. The molecule has 0 heterocycles. The summed E-state index contributed by atoms with van der Waals surface area (Å²) >= 11 is 0. The SMILES string of the molecule is CC(C)CCCCCCCCCC(C)C(=O)OCC(O)COP(=O)(O)OCC[N+](C)(C)C. The van der Waals surface area contributed by atoms with E-state index in [-0.39, 0.29) is 25.1 Å². The van der Waals surface area contributed by atoms with Gasteiger partial charge in [-0.05, 0) is 12.3 Å². The minimum absolute atomic E-state index is 0.0536. The predicted molar refractivity (Wildman–Crippen MR) is 127 cm³/mol. The van der Waals surface area contributed by atoms with Crippen molar-refractivity contribution in [3.63, 3.8) is 0 Å². The van der Waals surface area contributed by atoms with E-state index in [1.165, 1.54) is 38.5 Å². The van der Waals surface area contributed by atoms with E-state index >= 15 is 0 Å². The number of hydrogen-bond acceptors (Lipinski definition) is 6. The standard InChI is InChI=1S/C23H48NO7P/c1-20(2)14-12-10-8-7-9-11-13-15-21(3)23(26)29-18-22(25)19-31-32(27,28)30-17-16-24(4,5)6/h20-22,25H,7-19H2,1-6H3/p+1. The van der Waals surface area contributed by atoms with E-state index in [0.29, 0.717) is 11.0 Å². The molecule has 0 aliphatic carbocycles. The van der Waals surface area contributed by atoms with E-state index < -0.39 is 20.5 Å². The van der Waals surface area contributed by atoms with Crippen LogP contribution in [0, 0.1) is 11.8 Å². The van der Waals surface area contributed by atoms with Gasteiger partial charge in [-0.15, -0.1) is 0 Å². The second kappa shape index (κ2) is 17.0. The summed E-state index contributed by atoms with van der Waals surface area (Å²) in [6.45, 7) is 6.20. The van der Waals surface area contributed by atoms with Crippen molar-refractivity contribution in [3.8, 4) is 0 Å². The molecule has 0 saturated heterocycles. The van der Waals surface area contributed by atoms with Gasteiger partial charge in [-0.3, -0.25) is 13.8 Å². The maximum Gasteiger partial charge on any atom is 0.472 e. The lowest BCUT2D eigenvalue weighted by Gasteiger charge is -2.24. The molecule has 0 amide bonds. The van der Waals surface area contributed by atoms with Crippen molar-refractivity contribution in [1.82, 2.24) is 0 Å². The molecule has 0 aliphatic heterocycles. The maximum absolute atomic E-state index is 12.1. The Hall–Kier alpha value is -0.500. The van der Waals surface area contributed by atoms with Crippen molar-refractivity contribution < 1.29 is 37.6 Å². The molecule has 0 aromatic carbocycles. The van der Waals surface area contributed by atoms with Crippen molar-refractivity contribution in [1.29, 1.82) is 0 Å². The normalized spacial score (nSPS) is 16.0. The highest BCUT2D eigenvalue weighted by Gasteiger charge is 2.24. The molecule has 8 nitrogen and oxygen atoms in total. The van der Waals surface area contributed by atoms with Crippen LogP contribution >= 0.6 is 7.82 Å². The van der Waals surface area contributed by atoms with Crippen LogP contribution < -0.4 is 0 Å². The highest BCUT2D eigenvalue weighted by Crippen LogP contribution is 2.43. The van der Waals surface area contributed by atoms with Crippen LogP contribution in [0.3, 0.4) is 0 Å². The number of aliphatic hydroxyl groups excluding tert-OH is 1. The lowest BCUT2D eigenvalue weighted by atomic mass is 10.0. The smallest absolute Gasteiger partial charge is 0.463 e. The molecule has 0 rings (SSSR count). The summed E-state index contributed by atoms with van der Waals surface area (Å²) in [4.78, 5) is 21.7. The highest BCUT2D eigenvalue weighted by molar-refractivity contribution is 7.47. The third kappa shape index (κ3) is 20.1. The zero-order valence-electron chi connectivity index (χ0n) is 21.3. The number of hydrogen-bond donors (Lipinski definition) is 2. The van der Waals surface area contributed by atoms with Gasteiger partial charge in [-0.1, -0.05) is 72.1 Å². The van der Waals surface area contributed by atoms with Crippen LogP contribution in [0.4, 0.5) is 0 Å². The molecular formula is C23H49NO7P+. The van der Waals surface area contributed by atoms with E-state index in [9.17, 15) is 19.4 Å². The maximum atomic E-state index is 12.1. The summed E-state index contributed by atoms with van der Waals surface area (Å²) in [5.41, 5.74) is 0. The lowest BCUT2D eigenvalue weighted by Crippen LogP contribution is -2.37. The van der Waals surface area contributed by atoms with E-state index in [0.717, 1.165) is 25.2 Å². The topological polar surface area (TPSA) is 102 Å². The van der Waals surface area contributed by atoms with Gasteiger partial charge in [0.1, 0.15) is 25.9 Å². The van der Waals surface area contributed by atoms with Crippen molar-refractivity contribution in [2.24, 2.45) is 11.8 Å². The molecule has 0 saturated carbocycles. The van der Waals surface area contributed by atoms with Crippen LogP contribution in [0.15, 0.2) is 0 Å². The monoisotopic (exact) mass is 482 g/mol. The first-order valence-corrected chi connectivity index (χ1v) is 13.6. The zero-order valence-corrected chi connectivity index (χ0v) is 22.1. The fourth-order valence-corrected chi connectivity index (χ4v) is 3.77. The molecule has 2 N–H and O–H groups in total. The van der Waals surface area contributed by atoms with Crippen LogP contribution in [0.1, 0.15) is 78.6 Å². The Morgan fingerprint density at radius 1 is 0.875 bits per heavy atom. The van der Waals surface area contributed by atoms with Crippen molar-refractivity contribution in [3.05, 3.63) is 0 Å². The molecule has 32 heavy (non-hydrogen) atoms. The van der Waals surface area contributed by atoms with Gasteiger partial charge >= 0.3 is 13.8 Å². The molecule has 0 fully saturated rings. The minimum atomic E-state index is -4.24. The number of carbonyl (C=O) groups excluding carboxylic acids is 1. The largest absolute Gasteiger partial charge is 0.472 e. The molecule has 0 aromatic rings. The first kappa shape index (κ1) is 31.5. The molecule has 3 unspecified atom stereocenters. The predicted octanol–water partition coefficient (Wildman–Crippen LogP) is 4.53. The van der Waals surface area contributed by atoms with Crippen LogP contribution in [-0.4, -0.2) is 74.1 Å². The summed E-state index contributed by atoms with van der Waals surface area (Å²) in [5.74, 6) is 0.180. The van der Waals surface area contributed by atoms with Gasteiger partial charge in [0.2, 0.25) is 0 Å². The Labute approximate surface area is 195 Å². The first-order valence-electron chi connectivity index (χ1n) is 12.1. The number of likely N-dealkylation sites (N-methyl/N-ethyl adjacent to an activating group) is 1. The Balaban J connectivity index is 3.82. The number of phosphoric ester groups is 1. The molecular weight excluding hydrogens is 433 g/mol. The fraction of sp³-hybridized carbons (Fsp3) is 0.957. The second-order valence-electron chi connectivity index (χ2n) is 10.2. The second-order valence-corrected chi connectivity index (χ2v) is 11.7. The molecule has 3 atom stereocenters. The van der Waals surface area contributed by atoms with Gasteiger partial charge < -0.3 is 19.2 Å². The highest BCUT2D eigenvalue weighted by atomic mass is 31.2. The van der Waals surface area contributed by atoms with Crippen molar-refractivity contribution >= 4 is 13.8 Å². The van der Waals surface area contributed by atoms with Gasteiger partial charge in [-0.2, -0.15) is 0 Å². The van der Waals surface area contributed by atoms with Gasteiger partial charge in [0.25, 0.3) is 0 Å². The third-order valence-electron chi connectivity index (χ3n) is 5.19. The number of unbranched alkanes of at least 4 members (excludes halogenated alkanes) is 6. The summed E-state index contributed by atoms with van der Waals surface area (Å²) < 4.78 is 27.2. The van der Waals surface area contributed by atoms with Crippen LogP contribution in [0.2, 0.25) is 0 Å². The number of quaternary nitrogens is 1. The molecule has 192 valence electrons. The lowest BCUT2D eigenvalue weighted by molar-refractivity contribution is -0.870. The summed E-state index contributed by atoms with van der Waals surface area (Å²) in [6, 6.07) is 0.